The number of hydrogen-bond donors (Lipinski definition) is 1. The summed E-state index contributed by atoms with van der Waals surface area (Å²) in [6.45, 7) is 2.29. The van der Waals surface area contributed by atoms with Crippen molar-refractivity contribution in [2.45, 2.75) is 18.9 Å². The zero-order chi connectivity index (χ0) is 18.8. The van der Waals surface area contributed by atoms with Gasteiger partial charge in [0.15, 0.2) is 11.5 Å². The highest BCUT2D eigenvalue weighted by atomic mass is 35.5. The van der Waals surface area contributed by atoms with Crippen molar-refractivity contribution in [1.29, 1.82) is 0 Å². The summed E-state index contributed by atoms with van der Waals surface area (Å²) in [5, 5.41) is 11.3. The smallest absolute Gasteiger partial charge is 0.253 e. The number of carbonyl (C=O) groups excluding carboxylic acids is 1. The molecule has 6 heteroatoms. The third-order valence-electron chi connectivity index (χ3n) is 5.27. The number of ether oxygens (including phenoxy) is 2. The number of rotatable bonds is 3. The maximum Gasteiger partial charge on any atom is 0.253 e. The minimum atomic E-state index is -0.534. The SMILES string of the molecule is O=C(c1ccc2c(c1)OCCO2)N1CCC(C(O)c2ccc(Cl)cc2)CC1. The van der Waals surface area contributed by atoms with Gasteiger partial charge >= 0.3 is 0 Å². The molecular formula is C21H22ClNO4. The second-order valence-electron chi connectivity index (χ2n) is 6.98. The number of piperidine rings is 1. The quantitative estimate of drug-likeness (QED) is 0.872. The maximum atomic E-state index is 12.8. The minimum Gasteiger partial charge on any atom is -0.486 e. The van der Waals surface area contributed by atoms with Gasteiger partial charge in [-0.2, -0.15) is 0 Å². The Hall–Kier alpha value is -2.24. The van der Waals surface area contributed by atoms with Crippen LogP contribution in [0.25, 0.3) is 0 Å². The molecule has 1 atom stereocenters. The molecule has 0 aliphatic carbocycles. The summed E-state index contributed by atoms with van der Waals surface area (Å²) in [5.41, 5.74) is 1.48. The Morgan fingerprint density at radius 1 is 1.04 bits per heavy atom. The topological polar surface area (TPSA) is 59.0 Å². The van der Waals surface area contributed by atoms with E-state index in [1.807, 2.05) is 17.0 Å². The molecule has 1 saturated heterocycles. The Morgan fingerprint density at radius 3 is 2.41 bits per heavy atom. The standard InChI is InChI=1S/C21H22ClNO4/c22-17-4-1-14(2-5-17)20(24)15-7-9-23(10-8-15)21(25)16-3-6-18-19(13-16)27-12-11-26-18/h1-6,13,15,20,24H,7-12H2. The summed E-state index contributed by atoms with van der Waals surface area (Å²) in [6, 6.07) is 12.6. The molecule has 4 rings (SSSR count). The van der Waals surface area contributed by atoms with Crippen LogP contribution in [0.2, 0.25) is 5.02 Å². The van der Waals surface area contributed by atoms with Gasteiger partial charge in [0, 0.05) is 23.7 Å². The molecule has 1 N–H and O–H groups in total. The third-order valence-corrected chi connectivity index (χ3v) is 5.53. The van der Waals surface area contributed by atoms with Crippen LogP contribution in [-0.4, -0.2) is 42.2 Å². The highest BCUT2D eigenvalue weighted by molar-refractivity contribution is 6.30. The van der Waals surface area contributed by atoms with E-state index in [0.29, 0.717) is 48.4 Å². The zero-order valence-corrected chi connectivity index (χ0v) is 15.7. The largest absolute Gasteiger partial charge is 0.486 e. The Bertz CT molecular complexity index is 815. The Kier molecular flexibility index (Phi) is 5.23. The zero-order valence-electron chi connectivity index (χ0n) is 14.9. The van der Waals surface area contributed by atoms with Gasteiger partial charge in [0.25, 0.3) is 5.91 Å². The molecule has 1 unspecified atom stereocenters. The molecular weight excluding hydrogens is 366 g/mol. The van der Waals surface area contributed by atoms with E-state index < -0.39 is 6.10 Å². The molecule has 2 heterocycles. The summed E-state index contributed by atoms with van der Waals surface area (Å²) in [7, 11) is 0. The first-order valence-electron chi connectivity index (χ1n) is 9.24. The van der Waals surface area contributed by atoms with Crippen molar-refractivity contribution in [3.63, 3.8) is 0 Å². The van der Waals surface area contributed by atoms with Gasteiger partial charge < -0.3 is 19.5 Å². The second kappa shape index (κ2) is 7.79. The van der Waals surface area contributed by atoms with E-state index in [-0.39, 0.29) is 11.8 Å². The van der Waals surface area contributed by atoms with Gasteiger partial charge in [0.05, 0.1) is 6.10 Å². The monoisotopic (exact) mass is 387 g/mol. The molecule has 0 radical (unpaired) electrons. The molecule has 27 heavy (non-hydrogen) atoms. The molecule has 1 fully saturated rings. The number of aliphatic hydroxyl groups excluding tert-OH is 1. The van der Waals surface area contributed by atoms with E-state index in [1.54, 1.807) is 30.3 Å². The number of nitrogens with zero attached hydrogens (tertiary/aromatic N) is 1. The van der Waals surface area contributed by atoms with Gasteiger partial charge in [-0.25, -0.2) is 0 Å². The first-order valence-corrected chi connectivity index (χ1v) is 9.62. The Labute approximate surface area is 163 Å². The van der Waals surface area contributed by atoms with Crippen LogP contribution in [0.3, 0.4) is 0 Å². The van der Waals surface area contributed by atoms with Crippen molar-refractivity contribution in [3.8, 4) is 11.5 Å². The normalized spacial score (nSPS) is 18.2. The van der Waals surface area contributed by atoms with Crippen LogP contribution in [0, 0.1) is 5.92 Å². The lowest BCUT2D eigenvalue weighted by atomic mass is 9.87. The molecule has 2 aliphatic heterocycles. The molecule has 0 saturated carbocycles. The van der Waals surface area contributed by atoms with Gasteiger partial charge in [-0.15, -0.1) is 0 Å². The van der Waals surface area contributed by atoms with Gasteiger partial charge in [-0.05, 0) is 54.7 Å². The summed E-state index contributed by atoms with van der Waals surface area (Å²) in [6.07, 6.45) is 0.994. The predicted octanol–water partition coefficient (Wildman–Crippen LogP) is 3.70. The van der Waals surface area contributed by atoms with Crippen molar-refractivity contribution >= 4 is 17.5 Å². The molecule has 5 nitrogen and oxygen atoms in total. The van der Waals surface area contributed by atoms with Crippen LogP contribution in [0.1, 0.15) is 34.9 Å². The fourth-order valence-electron chi connectivity index (χ4n) is 3.71. The molecule has 0 aromatic heterocycles. The number of likely N-dealkylation sites (tertiary alicyclic amines) is 1. The van der Waals surface area contributed by atoms with Crippen LogP contribution in [0.5, 0.6) is 11.5 Å². The van der Waals surface area contributed by atoms with E-state index in [1.165, 1.54) is 0 Å². The number of hydrogen-bond acceptors (Lipinski definition) is 4. The van der Waals surface area contributed by atoms with Gasteiger partial charge in [0.1, 0.15) is 13.2 Å². The fraction of sp³-hybridized carbons (Fsp3) is 0.381. The van der Waals surface area contributed by atoms with E-state index in [9.17, 15) is 9.90 Å². The molecule has 1 amide bonds. The van der Waals surface area contributed by atoms with Crippen molar-refractivity contribution in [2.24, 2.45) is 5.92 Å². The van der Waals surface area contributed by atoms with Crippen LogP contribution >= 0.6 is 11.6 Å². The minimum absolute atomic E-state index is 0.00796. The van der Waals surface area contributed by atoms with Crippen LogP contribution in [0.15, 0.2) is 42.5 Å². The summed E-state index contributed by atoms with van der Waals surface area (Å²) in [4.78, 5) is 14.7. The molecule has 0 spiro atoms. The molecule has 0 bridgehead atoms. The number of aliphatic hydroxyl groups is 1. The lowest BCUT2D eigenvalue weighted by Crippen LogP contribution is -2.39. The second-order valence-corrected chi connectivity index (χ2v) is 7.42. The number of halogens is 1. The van der Waals surface area contributed by atoms with Crippen molar-refractivity contribution in [2.75, 3.05) is 26.3 Å². The highest BCUT2D eigenvalue weighted by Gasteiger charge is 2.29. The highest BCUT2D eigenvalue weighted by Crippen LogP contribution is 2.33. The molecule has 142 valence electrons. The van der Waals surface area contributed by atoms with E-state index in [2.05, 4.69) is 0 Å². The summed E-state index contributed by atoms with van der Waals surface area (Å²) in [5.74, 6) is 1.43. The Balaban J connectivity index is 1.38. The molecule has 2 aliphatic rings. The van der Waals surface area contributed by atoms with Crippen molar-refractivity contribution in [3.05, 3.63) is 58.6 Å². The number of carbonyl (C=O) groups is 1. The first-order chi connectivity index (χ1) is 13.1. The average molecular weight is 388 g/mol. The lowest BCUT2D eigenvalue weighted by Gasteiger charge is -2.34. The fourth-order valence-corrected chi connectivity index (χ4v) is 3.84. The van der Waals surface area contributed by atoms with Crippen LogP contribution in [0.4, 0.5) is 0 Å². The predicted molar refractivity (Wildman–Crippen MR) is 102 cm³/mol. The first kappa shape index (κ1) is 18.1. The molecule has 2 aromatic carbocycles. The lowest BCUT2D eigenvalue weighted by molar-refractivity contribution is 0.0462. The maximum absolute atomic E-state index is 12.8. The van der Waals surface area contributed by atoms with Crippen molar-refractivity contribution in [1.82, 2.24) is 4.90 Å². The number of fused-ring (bicyclic) bond motifs is 1. The van der Waals surface area contributed by atoms with Crippen LogP contribution < -0.4 is 9.47 Å². The number of amides is 1. The van der Waals surface area contributed by atoms with Crippen LogP contribution in [-0.2, 0) is 0 Å². The summed E-state index contributed by atoms with van der Waals surface area (Å²) >= 11 is 5.92. The van der Waals surface area contributed by atoms with E-state index in [0.717, 1.165) is 18.4 Å². The van der Waals surface area contributed by atoms with Gasteiger partial charge in [-0.3, -0.25) is 4.79 Å². The van der Waals surface area contributed by atoms with Gasteiger partial charge in [0.2, 0.25) is 0 Å². The average Bonchev–Trinajstić information content (AvgIpc) is 2.73. The van der Waals surface area contributed by atoms with E-state index >= 15 is 0 Å². The van der Waals surface area contributed by atoms with E-state index in [4.69, 9.17) is 21.1 Å². The number of benzene rings is 2. The summed E-state index contributed by atoms with van der Waals surface area (Å²) < 4.78 is 11.1. The Morgan fingerprint density at radius 2 is 1.70 bits per heavy atom. The van der Waals surface area contributed by atoms with Gasteiger partial charge in [-0.1, -0.05) is 23.7 Å². The third kappa shape index (κ3) is 3.89. The molecule has 2 aromatic rings. The van der Waals surface area contributed by atoms with Crippen molar-refractivity contribution < 1.29 is 19.4 Å².